The highest BCUT2D eigenvalue weighted by atomic mass is 79.9. The third-order valence-electron chi connectivity index (χ3n) is 9.88. The van der Waals surface area contributed by atoms with Crippen LogP contribution >= 0.6 is 78.0 Å². The lowest BCUT2D eigenvalue weighted by molar-refractivity contribution is 0.616. The molecule has 0 bridgehead atoms. The van der Waals surface area contributed by atoms with Crippen LogP contribution in [0.5, 0.6) is 0 Å². The maximum Gasteiger partial charge on any atom is 0.122 e. The first-order chi connectivity index (χ1) is 23.1. The van der Waals surface area contributed by atoms with Gasteiger partial charge in [0.15, 0.2) is 0 Å². The molecular formula is C36H40Br2N4S4Si. The number of hydrogen-bond acceptors (Lipinski definition) is 8. The monoisotopic (exact) mass is 842 g/mol. The number of thiophene rings is 2. The fourth-order valence-corrected chi connectivity index (χ4v) is 19.1. The van der Waals surface area contributed by atoms with Crippen LogP contribution in [-0.4, -0.2) is 25.6 Å². The van der Waals surface area contributed by atoms with Crippen LogP contribution in [0.25, 0.3) is 52.7 Å². The van der Waals surface area contributed by atoms with Gasteiger partial charge in [0.25, 0.3) is 0 Å². The molecule has 7 rings (SSSR count). The maximum atomic E-state index is 4.77. The van der Waals surface area contributed by atoms with Gasteiger partial charge < -0.3 is 0 Å². The summed E-state index contributed by atoms with van der Waals surface area (Å²) in [5.41, 5.74) is 6.42. The van der Waals surface area contributed by atoms with E-state index in [0.717, 1.165) is 31.0 Å². The first kappa shape index (κ1) is 34.1. The molecule has 6 aromatic rings. The van der Waals surface area contributed by atoms with Crippen LogP contribution in [-0.2, 0) is 0 Å². The van der Waals surface area contributed by atoms with E-state index in [9.17, 15) is 0 Å². The summed E-state index contributed by atoms with van der Waals surface area (Å²) < 4.78 is 20.8. The van der Waals surface area contributed by atoms with Crippen molar-refractivity contribution >= 4 is 119 Å². The Morgan fingerprint density at radius 1 is 0.532 bits per heavy atom. The number of hydrogen-bond donors (Lipinski definition) is 0. The fourth-order valence-electron chi connectivity index (χ4n) is 7.39. The molecule has 0 unspecified atom stereocenters. The predicted molar refractivity (Wildman–Crippen MR) is 217 cm³/mol. The molecule has 4 aromatic heterocycles. The van der Waals surface area contributed by atoms with Crippen molar-refractivity contribution in [1.29, 1.82) is 0 Å². The molecule has 0 radical (unpaired) electrons. The van der Waals surface area contributed by atoms with Gasteiger partial charge in [0.2, 0.25) is 0 Å². The Labute approximate surface area is 312 Å². The minimum Gasteiger partial charge on any atom is -0.172 e. The number of benzene rings is 2. The average molecular weight is 845 g/mol. The highest BCUT2D eigenvalue weighted by Gasteiger charge is 2.47. The highest BCUT2D eigenvalue weighted by molar-refractivity contribution is 9.11. The third kappa shape index (κ3) is 6.64. The first-order valence-electron chi connectivity index (χ1n) is 17.2. The lowest BCUT2D eigenvalue weighted by Gasteiger charge is -2.29. The average Bonchev–Trinajstić information content (AvgIpc) is 3.91. The Kier molecular flexibility index (Phi) is 11.1. The van der Waals surface area contributed by atoms with Crippen molar-refractivity contribution in [2.24, 2.45) is 0 Å². The molecule has 5 heterocycles. The van der Waals surface area contributed by atoms with Gasteiger partial charge in [-0.1, -0.05) is 103 Å². The normalized spacial score (nSPS) is 13.6. The molecule has 2 aromatic carbocycles. The van der Waals surface area contributed by atoms with E-state index in [4.69, 9.17) is 8.75 Å². The smallest absolute Gasteiger partial charge is 0.122 e. The van der Waals surface area contributed by atoms with E-state index in [0.29, 0.717) is 0 Å². The van der Waals surface area contributed by atoms with Crippen LogP contribution in [0.4, 0.5) is 0 Å². The number of fused-ring (bicyclic) bond motifs is 5. The summed E-state index contributed by atoms with van der Waals surface area (Å²) in [5.74, 6) is 0. The number of aromatic nitrogens is 4. The summed E-state index contributed by atoms with van der Waals surface area (Å²) in [4.78, 5) is 5.74. The number of halogens is 2. The van der Waals surface area contributed by atoms with Crippen LogP contribution in [0.1, 0.15) is 90.9 Å². The zero-order valence-corrected chi connectivity index (χ0v) is 34.5. The van der Waals surface area contributed by atoms with Gasteiger partial charge in [0, 0.05) is 39.6 Å². The van der Waals surface area contributed by atoms with Gasteiger partial charge in [-0.25, -0.2) is 0 Å². The Balaban J connectivity index is 1.33. The van der Waals surface area contributed by atoms with Crippen molar-refractivity contribution in [3.05, 3.63) is 45.3 Å². The van der Waals surface area contributed by atoms with Gasteiger partial charge in [-0.15, -0.1) is 22.7 Å². The number of rotatable bonds is 16. The molecule has 0 aliphatic carbocycles. The Morgan fingerprint density at radius 2 is 0.936 bits per heavy atom. The van der Waals surface area contributed by atoms with Crippen molar-refractivity contribution < 1.29 is 0 Å². The van der Waals surface area contributed by atoms with Gasteiger partial charge in [0.05, 0.1) is 23.5 Å². The van der Waals surface area contributed by atoms with Gasteiger partial charge >= 0.3 is 0 Å². The second kappa shape index (κ2) is 15.3. The summed E-state index contributed by atoms with van der Waals surface area (Å²) >= 11 is 14.0. The molecule has 4 nitrogen and oxygen atoms in total. The molecular weight excluding hydrogens is 805 g/mol. The number of nitrogens with zero attached hydrogens (tertiary/aromatic N) is 4. The topological polar surface area (TPSA) is 51.6 Å². The molecule has 47 heavy (non-hydrogen) atoms. The molecule has 246 valence electrons. The minimum absolute atomic E-state index is 0.971. The second-order valence-corrected chi connectivity index (χ2v) is 22.0. The Bertz CT molecular complexity index is 1850. The van der Waals surface area contributed by atoms with E-state index in [-0.39, 0.29) is 0 Å². The minimum atomic E-state index is -2.02. The van der Waals surface area contributed by atoms with Gasteiger partial charge in [-0.3, -0.25) is 0 Å². The largest absolute Gasteiger partial charge is 0.172 e. The van der Waals surface area contributed by atoms with Crippen LogP contribution in [0.15, 0.2) is 45.3 Å². The van der Waals surface area contributed by atoms with Crippen molar-refractivity contribution in [1.82, 2.24) is 17.5 Å². The molecule has 0 spiro atoms. The van der Waals surface area contributed by atoms with Gasteiger partial charge in [0.1, 0.15) is 30.1 Å². The molecule has 11 heteroatoms. The van der Waals surface area contributed by atoms with Crippen LogP contribution in [0.3, 0.4) is 0 Å². The van der Waals surface area contributed by atoms with Gasteiger partial charge in [-0.2, -0.15) is 17.5 Å². The summed E-state index contributed by atoms with van der Waals surface area (Å²) in [6.45, 7) is 4.63. The van der Waals surface area contributed by atoms with E-state index >= 15 is 0 Å². The third-order valence-corrected chi connectivity index (χ3v) is 20.3. The second-order valence-electron chi connectivity index (χ2n) is 12.9. The van der Waals surface area contributed by atoms with E-state index in [1.165, 1.54) is 143 Å². The molecule has 1 aliphatic heterocycles. The molecule has 0 saturated carbocycles. The lowest BCUT2D eigenvalue weighted by Crippen LogP contribution is -2.54. The molecule has 1 aliphatic rings. The van der Waals surface area contributed by atoms with Gasteiger partial charge in [-0.05, 0) is 78.6 Å². The quantitative estimate of drug-likeness (QED) is 0.0719. The van der Waals surface area contributed by atoms with Crippen LogP contribution in [0.2, 0.25) is 12.1 Å². The van der Waals surface area contributed by atoms with Crippen molar-refractivity contribution in [2.75, 3.05) is 0 Å². The summed E-state index contributed by atoms with van der Waals surface area (Å²) in [5, 5.41) is 3.39. The van der Waals surface area contributed by atoms with E-state index in [2.05, 4.69) is 90.9 Å². The first-order valence-corrected chi connectivity index (χ1v) is 24.3. The SMILES string of the molecule is CCCCCCCC[Si]1(CCCCCCCC)c2cc(-c3ccc(Br)c4nsnc34)sc2-c2sc(-c3ccc(Br)c4nsnc34)cc21. The highest BCUT2D eigenvalue weighted by Crippen LogP contribution is 2.49. The lowest BCUT2D eigenvalue weighted by atomic mass is 10.1. The molecule has 0 saturated heterocycles. The summed E-state index contributed by atoms with van der Waals surface area (Å²) in [6.07, 6.45) is 16.1. The van der Waals surface area contributed by atoms with Crippen LogP contribution < -0.4 is 10.4 Å². The van der Waals surface area contributed by atoms with E-state index in [1.54, 1.807) is 10.4 Å². The maximum absolute atomic E-state index is 4.77. The molecule has 0 fully saturated rings. The molecule has 0 N–H and O–H groups in total. The van der Waals surface area contributed by atoms with E-state index in [1.807, 2.05) is 22.7 Å². The van der Waals surface area contributed by atoms with Crippen LogP contribution in [0, 0.1) is 0 Å². The molecule has 0 atom stereocenters. The fraction of sp³-hybridized carbons (Fsp3) is 0.444. The summed E-state index contributed by atoms with van der Waals surface area (Å²) in [6, 6.07) is 16.7. The van der Waals surface area contributed by atoms with E-state index < -0.39 is 8.07 Å². The van der Waals surface area contributed by atoms with Crippen molar-refractivity contribution in [2.45, 2.75) is 103 Å². The van der Waals surface area contributed by atoms with Crippen molar-refractivity contribution in [3.63, 3.8) is 0 Å². The molecule has 0 amide bonds. The Morgan fingerprint density at radius 3 is 1.38 bits per heavy atom. The van der Waals surface area contributed by atoms with Crippen molar-refractivity contribution in [3.8, 4) is 30.6 Å². The zero-order chi connectivity index (χ0) is 32.4. The number of unbranched alkanes of at least 4 members (excludes halogenated alkanes) is 10. The summed E-state index contributed by atoms with van der Waals surface area (Å²) in [7, 11) is -2.02. The predicted octanol–water partition coefficient (Wildman–Crippen LogP) is 12.9. The Hall–Kier alpha value is -1.34. The standard InChI is InChI=1S/C36H40Br2N4S4Si/c1-3-5-7-9-11-13-19-47(20-14-12-10-8-6-4-2)29-21-27(23-15-17-25(37)33-31(23)39-45-41-33)43-35(29)36-30(47)22-28(44-36)24-16-18-26(38)34-32(24)40-46-42-34/h15-18,21-22H,3-14,19-20H2,1-2H3. The zero-order valence-electron chi connectivity index (χ0n) is 27.0.